The third-order valence-electron chi connectivity index (χ3n) is 3.45. The molecule has 128 valence electrons. The van der Waals surface area contributed by atoms with Crippen LogP contribution < -0.4 is 10.0 Å². The van der Waals surface area contributed by atoms with Crippen molar-refractivity contribution in [3.05, 3.63) is 77.2 Å². The van der Waals surface area contributed by atoms with E-state index in [1.54, 1.807) is 41.8 Å². The number of aryl methyl sites for hydroxylation is 1. The minimum atomic E-state index is -3.72. The van der Waals surface area contributed by atoms with Gasteiger partial charge in [-0.25, -0.2) is 8.42 Å². The molecule has 3 aromatic rings. The summed E-state index contributed by atoms with van der Waals surface area (Å²) in [5.74, 6) is -0.380. The van der Waals surface area contributed by atoms with E-state index in [1.807, 2.05) is 25.1 Å². The van der Waals surface area contributed by atoms with E-state index in [-0.39, 0.29) is 21.4 Å². The van der Waals surface area contributed by atoms with E-state index >= 15 is 0 Å². The van der Waals surface area contributed by atoms with E-state index in [9.17, 15) is 13.2 Å². The van der Waals surface area contributed by atoms with Crippen LogP contribution in [0, 0.1) is 6.92 Å². The summed E-state index contributed by atoms with van der Waals surface area (Å²) in [6.07, 6.45) is 0. The fourth-order valence-electron chi connectivity index (χ4n) is 2.30. The van der Waals surface area contributed by atoms with Crippen molar-refractivity contribution in [2.45, 2.75) is 11.1 Å². The summed E-state index contributed by atoms with van der Waals surface area (Å²) in [7, 11) is -3.72. The number of carbonyl (C=O) groups excluding carboxylic acids is 1. The molecule has 0 aliphatic heterocycles. The number of thiophene rings is 1. The Bertz CT molecular complexity index is 997. The maximum absolute atomic E-state index is 12.6. The van der Waals surface area contributed by atoms with Crippen LogP contribution >= 0.6 is 11.3 Å². The first-order valence-electron chi connectivity index (χ1n) is 7.49. The SMILES string of the molecule is Cc1cccc(NC(=O)c2ccccc2NS(=O)(=O)c2cccs2)c1. The molecular formula is C18H16N2O3S2. The van der Waals surface area contributed by atoms with E-state index in [2.05, 4.69) is 10.0 Å². The lowest BCUT2D eigenvalue weighted by Gasteiger charge is -2.12. The third-order valence-corrected chi connectivity index (χ3v) is 6.21. The van der Waals surface area contributed by atoms with E-state index in [0.29, 0.717) is 5.69 Å². The minimum Gasteiger partial charge on any atom is -0.322 e. The van der Waals surface area contributed by atoms with Gasteiger partial charge in [0.05, 0.1) is 11.3 Å². The molecule has 0 saturated heterocycles. The molecule has 1 heterocycles. The number of rotatable bonds is 5. The standard InChI is InChI=1S/C18H16N2O3S2/c1-13-6-4-7-14(12-13)19-18(21)15-8-2-3-9-16(15)20-25(22,23)17-10-5-11-24-17/h2-12,20H,1H3,(H,19,21). The van der Waals surface area contributed by atoms with Crippen LogP contribution in [0.4, 0.5) is 11.4 Å². The molecular weight excluding hydrogens is 356 g/mol. The van der Waals surface area contributed by atoms with Gasteiger partial charge in [0, 0.05) is 5.69 Å². The summed E-state index contributed by atoms with van der Waals surface area (Å²) in [6, 6.07) is 17.1. The predicted octanol–water partition coefficient (Wildman–Crippen LogP) is 4.11. The van der Waals surface area contributed by atoms with Gasteiger partial charge in [0.1, 0.15) is 4.21 Å². The van der Waals surface area contributed by atoms with Gasteiger partial charge in [-0.3, -0.25) is 9.52 Å². The van der Waals surface area contributed by atoms with Gasteiger partial charge in [-0.15, -0.1) is 11.3 Å². The van der Waals surface area contributed by atoms with Crippen LogP contribution in [0.3, 0.4) is 0 Å². The predicted molar refractivity (Wildman–Crippen MR) is 101 cm³/mol. The van der Waals surface area contributed by atoms with Gasteiger partial charge in [0.25, 0.3) is 15.9 Å². The van der Waals surface area contributed by atoms with Gasteiger partial charge >= 0.3 is 0 Å². The first-order valence-corrected chi connectivity index (χ1v) is 9.85. The smallest absolute Gasteiger partial charge is 0.271 e. The van der Waals surface area contributed by atoms with E-state index < -0.39 is 10.0 Å². The highest BCUT2D eigenvalue weighted by Crippen LogP contribution is 2.23. The number of nitrogens with one attached hydrogen (secondary N) is 2. The topological polar surface area (TPSA) is 75.3 Å². The van der Waals surface area contributed by atoms with Crippen LogP contribution in [0.15, 0.2) is 70.3 Å². The Hall–Kier alpha value is -2.64. The number of carbonyl (C=O) groups is 1. The second-order valence-electron chi connectivity index (χ2n) is 5.41. The minimum absolute atomic E-state index is 0.196. The van der Waals surface area contributed by atoms with Crippen molar-refractivity contribution in [2.24, 2.45) is 0 Å². The van der Waals surface area contributed by atoms with Crippen LogP contribution in [0.5, 0.6) is 0 Å². The van der Waals surface area contributed by atoms with Crippen LogP contribution in [0.1, 0.15) is 15.9 Å². The molecule has 0 fully saturated rings. The molecule has 0 radical (unpaired) electrons. The second kappa shape index (κ2) is 7.08. The zero-order valence-corrected chi connectivity index (χ0v) is 15.0. The highest BCUT2D eigenvalue weighted by molar-refractivity contribution is 7.94. The Balaban J connectivity index is 1.87. The molecule has 0 aliphatic carbocycles. The zero-order valence-electron chi connectivity index (χ0n) is 13.4. The first kappa shape index (κ1) is 17.2. The molecule has 0 aliphatic rings. The molecule has 7 heteroatoms. The molecule has 0 saturated carbocycles. The molecule has 3 rings (SSSR count). The number of anilines is 2. The quantitative estimate of drug-likeness (QED) is 0.708. The molecule has 1 aromatic heterocycles. The van der Waals surface area contributed by atoms with Crippen LogP contribution in [-0.2, 0) is 10.0 Å². The Morgan fingerprint density at radius 3 is 2.52 bits per heavy atom. The molecule has 1 amide bonds. The Morgan fingerprint density at radius 2 is 1.80 bits per heavy atom. The average molecular weight is 372 g/mol. The molecule has 5 nitrogen and oxygen atoms in total. The summed E-state index contributed by atoms with van der Waals surface area (Å²) in [5.41, 5.74) is 2.16. The number of hydrogen-bond acceptors (Lipinski definition) is 4. The Kier molecular flexibility index (Phi) is 4.87. The van der Waals surface area contributed by atoms with Gasteiger partial charge in [-0.2, -0.15) is 0 Å². The Morgan fingerprint density at radius 1 is 1.00 bits per heavy atom. The molecule has 25 heavy (non-hydrogen) atoms. The largest absolute Gasteiger partial charge is 0.322 e. The number of benzene rings is 2. The maximum Gasteiger partial charge on any atom is 0.271 e. The van der Waals surface area contributed by atoms with Crippen LogP contribution in [-0.4, -0.2) is 14.3 Å². The highest BCUT2D eigenvalue weighted by Gasteiger charge is 2.19. The fraction of sp³-hybridized carbons (Fsp3) is 0.0556. The lowest BCUT2D eigenvalue weighted by atomic mass is 10.1. The third kappa shape index (κ3) is 4.07. The molecule has 2 N–H and O–H groups in total. The molecule has 0 bridgehead atoms. The molecule has 0 atom stereocenters. The number of para-hydroxylation sites is 1. The number of hydrogen-bond donors (Lipinski definition) is 2. The number of amides is 1. The lowest BCUT2D eigenvalue weighted by molar-refractivity contribution is 0.102. The highest BCUT2D eigenvalue weighted by atomic mass is 32.2. The van der Waals surface area contributed by atoms with Crippen molar-refractivity contribution in [1.29, 1.82) is 0 Å². The van der Waals surface area contributed by atoms with Crippen molar-refractivity contribution in [2.75, 3.05) is 10.0 Å². The fourth-order valence-corrected chi connectivity index (χ4v) is 4.38. The van der Waals surface area contributed by atoms with E-state index in [1.165, 1.54) is 6.07 Å². The van der Waals surface area contributed by atoms with Gasteiger partial charge in [-0.1, -0.05) is 30.3 Å². The Labute approximate surface area is 150 Å². The van der Waals surface area contributed by atoms with Crippen molar-refractivity contribution in [3.63, 3.8) is 0 Å². The van der Waals surface area contributed by atoms with Crippen molar-refractivity contribution >= 4 is 38.6 Å². The van der Waals surface area contributed by atoms with Crippen molar-refractivity contribution in [3.8, 4) is 0 Å². The monoisotopic (exact) mass is 372 g/mol. The van der Waals surface area contributed by atoms with Gasteiger partial charge in [0.2, 0.25) is 0 Å². The zero-order chi connectivity index (χ0) is 17.9. The van der Waals surface area contributed by atoms with E-state index in [4.69, 9.17) is 0 Å². The summed E-state index contributed by atoms with van der Waals surface area (Å²) >= 11 is 1.12. The normalized spacial score (nSPS) is 11.1. The van der Waals surface area contributed by atoms with Gasteiger partial charge in [0.15, 0.2) is 0 Å². The van der Waals surface area contributed by atoms with Gasteiger partial charge < -0.3 is 5.32 Å². The van der Waals surface area contributed by atoms with Gasteiger partial charge in [-0.05, 0) is 48.2 Å². The average Bonchev–Trinajstić information content (AvgIpc) is 3.10. The maximum atomic E-state index is 12.6. The summed E-state index contributed by atoms with van der Waals surface area (Å²) in [6.45, 7) is 1.93. The molecule has 0 spiro atoms. The summed E-state index contributed by atoms with van der Waals surface area (Å²) in [4.78, 5) is 12.6. The van der Waals surface area contributed by atoms with Crippen LogP contribution in [0.2, 0.25) is 0 Å². The van der Waals surface area contributed by atoms with Crippen LogP contribution in [0.25, 0.3) is 0 Å². The molecule has 2 aromatic carbocycles. The summed E-state index contributed by atoms with van der Waals surface area (Å²) in [5, 5.41) is 4.47. The lowest BCUT2D eigenvalue weighted by Crippen LogP contribution is -2.18. The first-order chi connectivity index (χ1) is 12.0. The molecule has 0 unspecified atom stereocenters. The summed E-state index contributed by atoms with van der Waals surface area (Å²) < 4.78 is 27.5. The van der Waals surface area contributed by atoms with Crippen molar-refractivity contribution in [1.82, 2.24) is 0 Å². The van der Waals surface area contributed by atoms with E-state index in [0.717, 1.165) is 16.9 Å². The number of sulfonamides is 1. The second-order valence-corrected chi connectivity index (χ2v) is 8.26. The van der Waals surface area contributed by atoms with Crippen molar-refractivity contribution < 1.29 is 13.2 Å².